The Hall–Kier alpha value is -4.25. The average Bonchev–Trinajstić information content (AvgIpc) is 2.88. The van der Waals surface area contributed by atoms with Crippen LogP contribution in [0.25, 0.3) is 10.8 Å². The van der Waals surface area contributed by atoms with E-state index in [0.29, 0.717) is 5.56 Å². The number of carbonyl (C=O) groups excluding carboxylic acids is 2. The van der Waals surface area contributed by atoms with Crippen molar-refractivity contribution in [2.45, 2.75) is 11.8 Å². The van der Waals surface area contributed by atoms with Gasteiger partial charge in [0.05, 0.1) is 12.2 Å². The highest BCUT2D eigenvalue weighted by molar-refractivity contribution is 6.34. The average molecular weight is 465 g/mol. The molecule has 1 saturated carbocycles. The lowest BCUT2D eigenvalue weighted by Crippen LogP contribution is -2.51. The number of carboxylic acids is 1. The quantitative estimate of drug-likeness (QED) is 0.290. The largest absolute Gasteiger partial charge is 0.475 e. The van der Waals surface area contributed by atoms with Crippen LogP contribution in [-0.2, 0) is 14.3 Å². The monoisotopic (exact) mass is 464 g/mol. The maximum Gasteiger partial charge on any atom is 0.372 e. The number of esters is 1. The Morgan fingerprint density at radius 3 is 1.80 bits per heavy atom. The van der Waals surface area contributed by atoms with E-state index in [0.717, 1.165) is 21.9 Å². The summed E-state index contributed by atoms with van der Waals surface area (Å²) in [4.78, 5) is 37.5. The van der Waals surface area contributed by atoms with Crippen LogP contribution in [0.5, 0.6) is 0 Å². The Morgan fingerprint density at radius 1 is 0.686 bits per heavy atom. The number of carbonyl (C=O) groups is 3. The second kappa shape index (κ2) is 9.55. The number of rotatable bonds is 7. The van der Waals surface area contributed by atoms with Crippen LogP contribution in [-0.4, -0.2) is 29.4 Å². The molecular formula is C30H24O5. The Kier molecular flexibility index (Phi) is 6.15. The van der Waals surface area contributed by atoms with Gasteiger partial charge < -0.3 is 9.84 Å². The molecule has 0 spiro atoms. The van der Waals surface area contributed by atoms with Crippen molar-refractivity contribution in [1.82, 2.24) is 0 Å². The minimum atomic E-state index is -1.44. The van der Waals surface area contributed by atoms with Gasteiger partial charge in [-0.05, 0) is 34.0 Å². The minimum Gasteiger partial charge on any atom is -0.475 e. The van der Waals surface area contributed by atoms with Gasteiger partial charge in [-0.15, -0.1) is 0 Å². The van der Waals surface area contributed by atoms with Crippen molar-refractivity contribution in [3.63, 3.8) is 0 Å². The van der Waals surface area contributed by atoms with Crippen molar-refractivity contribution < 1.29 is 24.2 Å². The predicted molar refractivity (Wildman–Crippen MR) is 132 cm³/mol. The van der Waals surface area contributed by atoms with Crippen LogP contribution < -0.4 is 0 Å². The second-order valence-electron chi connectivity index (χ2n) is 8.89. The lowest BCUT2D eigenvalue weighted by atomic mass is 9.51. The van der Waals surface area contributed by atoms with Gasteiger partial charge in [-0.25, -0.2) is 9.59 Å². The van der Waals surface area contributed by atoms with Gasteiger partial charge in [0.1, 0.15) is 0 Å². The number of hydrogen-bond acceptors (Lipinski definition) is 4. The van der Waals surface area contributed by atoms with E-state index >= 15 is 0 Å². The molecule has 0 heterocycles. The van der Waals surface area contributed by atoms with Crippen LogP contribution in [0.4, 0.5) is 0 Å². The van der Waals surface area contributed by atoms with Crippen molar-refractivity contribution in [2.24, 2.45) is 11.8 Å². The summed E-state index contributed by atoms with van der Waals surface area (Å²) in [6, 6.07) is 32.0. The smallest absolute Gasteiger partial charge is 0.372 e. The first-order chi connectivity index (χ1) is 17.0. The molecule has 1 aliphatic rings. The van der Waals surface area contributed by atoms with Gasteiger partial charge in [0.25, 0.3) is 0 Å². The van der Waals surface area contributed by atoms with Gasteiger partial charge in [0, 0.05) is 23.7 Å². The van der Waals surface area contributed by atoms with Crippen LogP contribution in [0, 0.1) is 11.8 Å². The molecule has 0 amide bonds. The molecule has 1 fully saturated rings. The normalized spacial score (nSPS) is 21.1. The number of benzene rings is 4. The number of hydrogen-bond donors (Lipinski definition) is 1. The predicted octanol–water partition coefficient (Wildman–Crippen LogP) is 5.46. The molecule has 5 heteroatoms. The Bertz CT molecular complexity index is 1330. The zero-order chi connectivity index (χ0) is 24.4. The lowest BCUT2D eigenvalue weighted by molar-refractivity contribution is -0.155. The van der Waals surface area contributed by atoms with Crippen molar-refractivity contribution in [2.75, 3.05) is 6.61 Å². The minimum absolute atomic E-state index is 0.0776. The molecule has 4 aromatic carbocycles. The number of Topliss-reactive ketones (excluding diaryl/α,β-unsaturated/α-hetero) is 1. The molecule has 1 N–H and O–H groups in total. The fraction of sp³-hybridized carbons (Fsp3) is 0.167. The zero-order valence-electron chi connectivity index (χ0n) is 18.9. The molecule has 0 aromatic heterocycles. The van der Waals surface area contributed by atoms with E-state index in [9.17, 15) is 19.5 Å². The van der Waals surface area contributed by atoms with Crippen molar-refractivity contribution >= 4 is 28.5 Å². The summed E-state index contributed by atoms with van der Waals surface area (Å²) in [7, 11) is 0. The number of ether oxygens (including phenoxy) is 1. The molecule has 0 bridgehead atoms. The maximum atomic E-state index is 13.0. The van der Waals surface area contributed by atoms with Crippen LogP contribution in [0.1, 0.15) is 33.3 Å². The molecule has 2 atom stereocenters. The van der Waals surface area contributed by atoms with E-state index in [2.05, 4.69) is 0 Å². The summed E-state index contributed by atoms with van der Waals surface area (Å²) in [5.74, 6) is -4.40. The molecule has 4 aromatic rings. The Labute approximate surface area is 203 Å². The highest BCUT2D eigenvalue weighted by Crippen LogP contribution is 2.58. The van der Waals surface area contributed by atoms with Gasteiger partial charge in [0.2, 0.25) is 5.78 Å². The summed E-state index contributed by atoms with van der Waals surface area (Å²) in [5.41, 5.74) is 2.19. The van der Waals surface area contributed by atoms with E-state index in [4.69, 9.17) is 4.74 Å². The summed E-state index contributed by atoms with van der Waals surface area (Å²) >= 11 is 0. The van der Waals surface area contributed by atoms with E-state index in [-0.39, 0.29) is 24.4 Å². The van der Waals surface area contributed by atoms with E-state index in [1.807, 2.05) is 91.0 Å². The maximum absolute atomic E-state index is 13.0. The number of carboxylic acid groups (broad SMARTS) is 1. The van der Waals surface area contributed by atoms with Gasteiger partial charge in [-0.2, -0.15) is 0 Å². The topological polar surface area (TPSA) is 80.7 Å². The fourth-order valence-electron chi connectivity index (χ4n) is 5.34. The molecule has 35 heavy (non-hydrogen) atoms. The van der Waals surface area contributed by atoms with Gasteiger partial charge >= 0.3 is 11.9 Å². The summed E-state index contributed by atoms with van der Waals surface area (Å²) in [6.45, 7) is 0.0776. The van der Waals surface area contributed by atoms with Crippen LogP contribution in [0.15, 0.2) is 103 Å². The van der Waals surface area contributed by atoms with Crippen LogP contribution >= 0.6 is 0 Å². The summed E-state index contributed by atoms with van der Waals surface area (Å²) in [5, 5.41) is 11.5. The van der Waals surface area contributed by atoms with E-state index in [1.165, 1.54) is 0 Å². The summed E-state index contributed by atoms with van der Waals surface area (Å²) in [6.07, 6.45) is 0. The van der Waals surface area contributed by atoms with Crippen molar-refractivity contribution in [3.05, 3.63) is 120 Å². The first-order valence-electron chi connectivity index (χ1n) is 11.6. The third-order valence-electron chi connectivity index (χ3n) is 6.97. The molecule has 174 valence electrons. The highest BCUT2D eigenvalue weighted by atomic mass is 16.5. The van der Waals surface area contributed by atoms with Crippen LogP contribution in [0.3, 0.4) is 0 Å². The van der Waals surface area contributed by atoms with Gasteiger partial charge in [-0.3, -0.25) is 4.79 Å². The molecule has 0 radical (unpaired) electrons. The number of ketones is 1. The standard InChI is InChI=1S/C30H24O5/c31-28(29(32)33)27-25(20-10-3-1-4-11-20)24(26(27)21-12-5-2-6-13-21)18-35-30(34)23-16-15-19-9-7-8-14-22(19)17-23/h1-17,24-27H,18H2,(H,32,33)/t24?,25-,26-,27?/m1/s1. The van der Waals surface area contributed by atoms with E-state index < -0.39 is 23.6 Å². The molecule has 5 nitrogen and oxygen atoms in total. The molecule has 0 aliphatic heterocycles. The highest BCUT2D eigenvalue weighted by Gasteiger charge is 2.56. The molecule has 0 saturated heterocycles. The summed E-state index contributed by atoms with van der Waals surface area (Å²) < 4.78 is 5.78. The molecular weight excluding hydrogens is 440 g/mol. The first-order valence-corrected chi connectivity index (χ1v) is 11.6. The number of aliphatic carboxylic acids is 1. The van der Waals surface area contributed by atoms with Gasteiger partial charge in [-0.1, -0.05) is 91.0 Å². The first kappa shape index (κ1) is 22.5. The molecule has 0 unspecified atom stereocenters. The van der Waals surface area contributed by atoms with Gasteiger partial charge in [0.15, 0.2) is 0 Å². The third-order valence-corrected chi connectivity index (χ3v) is 6.97. The Balaban J connectivity index is 1.45. The van der Waals surface area contributed by atoms with Crippen molar-refractivity contribution in [1.29, 1.82) is 0 Å². The van der Waals surface area contributed by atoms with Crippen LogP contribution in [0.2, 0.25) is 0 Å². The molecule has 5 rings (SSSR count). The SMILES string of the molecule is O=C(O)C(=O)C1[C@H](c2ccccc2)C(COC(=O)c2ccc3ccccc3c2)[C@H]1c1ccccc1. The van der Waals surface area contributed by atoms with E-state index in [1.54, 1.807) is 12.1 Å². The lowest BCUT2D eigenvalue weighted by Gasteiger charge is -2.51. The van der Waals surface area contributed by atoms with Crippen molar-refractivity contribution in [3.8, 4) is 0 Å². The Morgan fingerprint density at radius 2 is 1.23 bits per heavy atom. The third kappa shape index (κ3) is 4.33. The molecule has 1 aliphatic carbocycles. The number of fused-ring (bicyclic) bond motifs is 1. The zero-order valence-corrected chi connectivity index (χ0v) is 18.9. The second-order valence-corrected chi connectivity index (χ2v) is 8.89. The fourth-order valence-corrected chi connectivity index (χ4v) is 5.34.